The fourth-order valence-electron chi connectivity index (χ4n) is 2.28. The fourth-order valence-corrected chi connectivity index (χ4v) is 2.28. The summed E-state index contributed by atoms with van der Waals surface area (Å²) in [4.78, 5) is 16.8. The van der Waals surface area contributed by atoms with Crippen LogP contribution in [0.5, 0.6) is 0 Å². The topological polar surface area (TPSA) is 64.7 Å². The third-order valence-electron chi connectivity index (χ3n) is 3.52. The van der Waals surface area contributed by atoms with Crippen molar-refractivity contribution >= 4 is 11.8 Å². The molecule has 0 heterocycles. The first-order valence-electron chi connectivity index (χ1n) is 6.78. The van der Waals surface area contributed by atoms with Crippen LogP contribution in [0.4, 0.5) is 0 Å². The van der Waals surface area contributed by atoms with Gasteiger partial charge in [-0.3, -0.25) is 0 Å². The number of hydrogen-bond acceptors (Lipinski definition) is 3. The van der Waals surface area contributed by atoms with E-state index in [4.69, 9.17) is 10.6 Å². The van der Waals surface area contributed by atoms with E-state index in [0.29, 0.717) is 0 Å². The monoisotopic (exact) mass is 260 g/mol. The highest BCUT2D eigenvalue weighted by atomic mass is 16.7. The number of rotatable bonds is 3. The molecular weight excluding hydrogens is 240 g/mol. The summed E-state index contributed by atoms with van der Waals surface area (Å²) in [7, 11) is 0. The maximum Gasteiger partial charge on any atom is 0.338 e. The van der Waals surface area contributed by atoms with E-state index in [1.54, 1.807) is 0 Å². The maximum absolute atomic E-state index is 11.8. The Morgan fingerprint density at radius 1 is 1.21 bits per heavy atom. The standard InChI is InChI=1S/C15H20N2O2/c1-11-7-9-12(10-8-11)14(16)17-19-15(18)13-5-3-2-4-6-13/h7-10,13H,2-6H2,1H3,(H2,16,17). The smallest absolute Gasteiger partial charge is 0.338 e. The molecule has 0 aliphatic heterocycles. The van der Waals surface area contributed by atoms with Gasteiger partial charge in [0.05, 0.1) is 5.92 Å². The lowest BCUT2D eigenvalue weighted by Gasteiger charge is -2.18. The second-order valence-corrected chi connectivity index (χ2v) is 5.09. The number of amidine groups is 1. The Hall–Kier alpha value is -1.84. The first-order valence-corrected chi connectivity index (χ1v) is 6.78. The van der Waals surface area contributed by atoms with Crippen LogP contribution in [-0.4, -0.2) is 11.8 Å². The Bertz CT molecular complexity index is 460. The minimum Gasteiger partial charge on any atom is -0.380 e. The van der Waals surface area contributed by atoms with E-state index in [0.717, 1.165) is 36.8 Å². The number of oxime groups is 1. The Labute approximate surface area is 113 Å². The molecule has 1 fully saturated rings. The third kappa shape index (κ3) is 3.81. The summed E-state index contributed by atoms with van der Waals surface area (Å²) in [6.07, 6.45) is 5.20. The molecule has 1 aromatic rings. The maximum atomic E-state index is 11.8. The van der Waals surface area contributed by atoms with Crippen LogP contribution in [0.15, 0.2) is 29.4 Å². The lowest BCUT2D eigenvalue weighted by atomic mass is 9.89. The molecule has 1 aromatic carbocycles. The zero-order chi connectivity index (χ0) is 13.7. The van der Waals surface area contributed by atoms with Gasteiger partial charge in [0, 0.05) is 5.56 Å². The molecule has 1 saturated carbocycles. The van der Waals surface area contributed by atoms with Crippen LogP contribution >= 0.6 is 0 Å². The van der Waals surface area contributed by atoms with E-state index in [-0.39, 0.29) is 17.7 Å². The van der Waals surface area contributed by atoms with Crippen LogP contribution in [0.25, 0.3) is 0 Å². The molecule has 102 valence electrons. The molecule has 0 spiro atoms. The van der Waals surface area contributed by atoms with Gasteiger partial charge in [-0.05, 0) is 19.8 Å². The van der Waals surface area contributed by atoms with Gasteiger partial charge in [0.2, 0.25) is 0 Å². The normalized spacial score (nSPS) is 17.2. The molecule has 4 nitrogen and oxygen atoms in total. The number of carbonyl (C=O) groups is 1. The zero-order valence-electron chi connectivity index (χ0n) is 11.3. The van der Waals surface area contributed by atoms with Crippen LogP contribution in [-0.2, 0) is 9.63 Å². The molecule has 19 heavy (non-hydrogen) atoms. The average molecular weight is 260 g/mol. The number of carbonyl (C=O) groups excluding carboxylic acids is 1. The van der Waals surface area contributed by atoms with Crippen LogP contribution in [0, 0.1) is 12.8 Å². The average Bonchev–Trinajstić information content (AvgIpc) is 2.46. The number of nitrogens with two attached hydrogens (primary N) is 1. The van der Waals surface area contributed by atoms with Crippen molar-refractivity contribution in [3.8, 4) is 0 Å². The molecular formula is C15H20N2O2. The van der Waals surface area contributed by atoms with E-state index in [2.05, 4.69) is 5.16 Å². The Balaban J connectivity index is 1.93. The molecule has 0 unspecified atom stereocenters. The van der Waals surface area contributed by atoms with E-state index in [1.807, 2.05) is 31.2 Å². The summed E-state index contributed by atoms with van der Waals surface area (Å²) in [5.74, 6) is -0.0257. The first kappa shape index (κ1) is 13.6. The molecule has 0 saturated heterocycles. The van der Waals surface area contributed by atoms with Crippen LogP contribution in [0.3, 0.4) is 0 Å². The summed E-state index contributed by atoms with van der Waals surface area (Å²) in [6.45, 7) is 2.00. The van der Waals surface area contributed by atoms with Crippen LogP contribution < -0.4 is 5.73 Å². The lowest BCUT2D eigenvalue weighted by molar-refractivity contribution is -0.149. The molecule has 1 aliphatic carbocycles. The quantitative estimate of drug-likeness (QED) is 0.393. The molecule has 2 rings (SSSR count). The van der Waals surface area contributed by atoms with E-state index < -0.39 is 0 Å². The molecule has 0 aromatic heterocycles. The van der Waals surface area contributed by atoms with Crippen molar-refractivity contribution in [2.45, 2.75) is 39.0 Å². The molecule has 4 heteroatoms. The van der Waals surface area contributed by atoms with Crippen molar-refractivity contribution < 1.29 is 9.63 Å². The summed E-state index contributed by atoms with van der Waals surface area (Å²) >= 11 is 0. The highest BCUT2D eigenvalue weighted by molar-refractivity contribution is 5.97. The van der Waals surface area contributed by atoms with E-state index in [1.165, 1.54) is 6.42 Å². The van der Waals surface area contributed by atoms with Crippen molar-refractivity contribution in [1.82, 2.24) is 0 Å². The number of hydrogen-bond donors (Lipinski definition) is 1. The van der Waals surface area contributed by atoms with Gasteiger partial charge in [-0.1, -0.05) is 54.2 Å². The lowest BCUT2D eigenvalue weighted by Crippen LogP contribution is -2.21. The zero-order valence-corrected chi connectivity index (χ0v) is 11.3. The van der Waals surface area contributed by atoms with Gasteiger partial charge in [0.25, 0.3) is 0 Å². The van der Waals surface area contributed by atoms with Crippen LogP contribution in [0.2, 0.25) is 0 Å². The van der Waals surface area contributed by atoms with Gasteiger partial charge >= 0.3 is 5.97 Å². The summed E-state index contributed by atoms with van der Waals surface area (Å²) in [5, 5.41) is 3.74. The predicted octanol–water partition coefficient (Wildman–Crippen LogP) is 2.74. The second-order valence-electron chi connectivity index (χ2n) is 5.09. The molecule has 0 atom stereocenters. The number of nitrogens with zero attached hydrogens (tertiary/aromatic N) is 1. The Morgan fingerprint density at radius 2 is 1.84 bits per heavy atom. The minimum absolute atomic E-state index is 0.0108. The molecule has 0 bridgehead atoms. The first-order chi connectivity index (χ1) is 9.16. The Kier molecular flexibility index (Phi) is 4.55. The molecule has 1 aliphatic rings. The van der Waals surface area contributed by atoms with Crippen molar-refractivity contribution in [2.24, 2.45) is 16.8 Å². The van der Waals surface area contributed by atoms with Gasteiger partial charge < -0.3 is 10.6 Å². The fraction of sp³-hybridized carbons (Fsp3) is 0.467. The van der Waals surface area contributed by atoms with Gasteiger partial charge in [-0.25, -0.2) is 4.79 Å². The minimum atomic E-state index is -0.255. The molecule has 2 N–H and O–H groups in total. The summed E-state index contributed by atoms with van der Waals surface area (Å²) in [5.41, 5.74) is 7.71. The van der Waals surface area contributed by atoms with Crippen molar-refractivity contribution in [3.63, 3.8) is 0 Å². The number of benzene rings is 1. The third-order valence-corrected chi connectivity index (χ3v) is 3.52. The highest BCUT2D eigenvalue weighted by Crippen LogP contribution is 2.24. The largest absolute Gasteiger partial charge is 0.380 e. The van der Waals surface area contributed by atoms with Crippen molar-refractivity contribution in [1.29, 1.82) is 0 Å². The predicted molar refractivity (Wildman–Crippen MR) is 74.6 cm³/mol. The van der Waals surface area contributed by atoms with Crippen molar-refractivity contribution in [2.75, 3.05) is 0 Å². The summed E-state index contributed by atoms with van der Waals surface area (Å²) < 4.78 is 0. The van der Waals surface area contributed by atoms with E-state index >= 15 is 0 Å². The van der Waals surface area contributed by atoms with Crippen LogP contribution in [0.1, 0.15) is 43.2 Å². The molecule has 0 radical (unpaired) electrons. The second kappa shape index (κ2) is 6.36. The van der Waals surface area contributed by atoms with Crippen molar-refractivity contribution in [3.05, 3.63) is 35.4 Å². The van der Waals surface area contributed by atoms with E-state index in [9.17, 15) is 4.79 Å². The number of aryl methyl sites for hydroxylation is 1. The van der Waals surface area contributed by atoms with Gasteiger partial charge in [-0.2, -0.15) is 0 Å². The van der Waals surface area contributed by atoms with Gasteiger partial charge in [-0.15, -0.1) is 0 Å². The molecule has 0 amide bonds. The highest BCUT2D eigenvalue weighted by Gasteiger charge is 2.22. The van der Waals surface area contributed by atoms with Gasteiger partial charge in [0.1, 0.15) is 0 Å². The summed E-state index contributed by atoms with van der Waals surface area (Å²) in [6, 6.07) is 7.62. The SMILES string of the molecule is Cc1ccc(C(N)=NOC(=O)C2CCCCC2)cc1. The Morgan fingerprint density at radius 3 is 2.47 bits per heavy atom. The van der Waals surface area contributed by atoms with Gasteiger partial charge in [0.15, 0.2) is 5.84 Å².